The summed E-state index contributed by atoms with van der Waals surface area (Å²) in [6, 6.07) is 3.52. The smallest absolute Gasteiger partial charge is 0.409 e. The summed E-state index contributed by atoms with van der Waals surface area (Å²) in [5.41, 5.74) is 1.71. The summed E-state index contributed by atoms with van der Waals surface area (Å²) in [6.07, 6.45) is 1.21. The minimum Gasteiger partial charge on any atom is -0.463 e. The van der Waals surface area contributed by atoms with Crippen LogP contribution in [0.25, 0.3) is 11.5 Å². The molecule has 128 valence electrons. The molecule has 2 aromatic heterocycles. The molecule has 0 bridgehead atoms. The van der Waals surface area contributed by atoms with Gasteiger partial charge in [0.15, 0.2) is 5.76 Å². The molecule has 0 saturated carbocycles. The van der Waals surface area contributed by atoms with E-state index in [4.69, 9.17) is 9.15 Å². The lowest BCUT2D eigenvalue weighted by Crippen LogP contribution is -2.50. The predicted octanol–water partition coefficient (Wildman–Crippen LogP) is 1.89. The number of hydrogen-bond donors (Lipinski definition) is 1. The zero-order valence-electron chi connectivity index (χ0n) is 13.7. The van der Waals surface area contributed by atoms with Crippen LogP contribution in [0.4, 0.5) is 4.79 Å². The van der Waals surface area contributed by atoms with Crippen molar-refractivity contribution in [1.82, 2.24) is 20.0 Å². The van der Waals surface area contributed by atoms with E-state index in [-0.39, 0.29) is 12.0 Å². The van der Waals surface area contributed by atoms with Crippen molar-refractivity contribution in [1.29, 1.82) is 0 Å². The highest BCUT2D eigenvalue weighted by molar-refractivity contribution is 6.00. The fourth-order valence-electron chi connectivity index (χ4n) is 2.75. The number of piperazine rings is 1. The maximum Gasteiger partial charge on any atom is 0.409 e. The molecule has 0 atom stereocenters. The number of ether oxygens (including phenoxy) is 1. The molecule has 24 heavy (non-hydrogen) atoms. The Morgan fingerprint density at radius 2 is 2.00 bits per heavy atom. The standard InChI is InChI=1S/C16H20N4O4/c1-3-23-16(22)20-8-6-19(7-9-20)15(21)13-11(2)17-18-14(13)12-5-4-10-24-12/h4-5,10H,3,6-9H2,1-2H3,(H,17,18). The summed E-state index contributed by atoms with van der Waals surface area (Å²) in [6.45, 7) is 5.75. The average molecular weight is 332 g/mol. The van der Waals surface area contributed by atoms with E-state index in [0.717, 1.165) is 0 Å². The van der Waals surface area contributed by atoms with E-state index in [1.54, 1.807) is 35.1 Å². The van der Waals surface area contributed by atoms with Crippen molar-refractivity contribution < 1.29 is 18.7 Å². The van der Waals surface area contributed by atoms with Crippen LogP contribution in [0.5, 0.6) is 0 Å². The van der Waals surface area contributed by atoms with Gasteiger partial charge in [0, 0.05) is 31.9 Å². The fraction of sp³-hybridized carbons (Fsp3) is 0.438. The molecule has 0 radical (unpaired) electrons. The largest absolute Gasteiger partial charge is 0.463 e. The van der Waals surface area contributed by atoms with Crippen LogP contribution < -0.4 is 0 Å². The second-order valence-electron chi connectivity index (χ2n) is 5.53. The van der Waals surface area contributed by atoms with Crippen molar-refractivity contribution in [3.8, 4) is 11.5 Å². The molecule has 0 aliphatic carbocycles. The van der Waals surface area contributed by atoms with Crippen molar-refractivity contribution >= 4 is 12.0 Å². The van der Waals surface area contributed by atoms with Crippen molar-refractivity contribution in [3.05, 3.63) is 29.7 Å². The number of nitrogens with one attached hydrogen (secondary N) is 1. The predicted molar refractivity (Wildman–Crippen MR) is 85.5 cm³/mol. The lowest BCUT2D eigenvalue weighted by Gasteiger charge is -2.34. The monoisotopic (exact) mass is 332 g/mol. The van der Waals surface area contributed by atoms with Gasteiger partial charge in [0.25, 0.3) is 5.91 Å². The van der Waals surface area contributed by atoms with Crippen molar-refractivity contribution in [2.45, 2.75) is 13.8 Å². The minimum atomic E-state index is -0.333. The van der Waals surface area contributed by atoms with E-state index in [1.807, 2.05) is 6.92 Å². The fourth-order valence-corrected chi connectivity index (χ4v) is 2.75. The van der Waals surface area contributed by atoms with Crippen LogP contribution in [0.2, 0.25) is 0 Å². The molecular formula is C16H20N4O4. The molecule has 1 N–H and O–H groups in total. The third kappa shape index (κ3) is 2.99. The quantitative estimate of drug-likeness (QED) is 0.927. The maximum atomic E-state index is 12.9. The number of nitrogens with zero attached hydrogens (tertiary/aromatic N) is 3. The lowest BCUT2D eigenvalue weighted by molar-refractivity contribution is 0.0570. The molecule has 0 unspecified atom stereocenters. The summed E-state index contributed by atoms with van der Waals surface area (Å²) in [7, 11) is 0. The summed E-state index contributed by atoms with van der Waals surface area (Å²) in [4.78, 5) is 28.0. The summed E-state index contributed by atoms with van der Waals surface area (Å²) in [5.74, 6) is 0.434. The molecule has 1 fully saturated rings. The third-order valence-electron chi connectivity index (χ3n) is 4.01. The van der Waals surface area contributed by atoms with Gasteiger partial charge in [-0.2, -0.15) is 5.10 Å². The van der Waals surface area contributed by atoms with E-state index in [2.05, 4.69) is 10.2 Å². The number of hydrogen-bond acceptors (Lipinski definition) is 5. The molecule has 8 nitrogen and oxygen atoms in total. The average Bonchev–Trinajstić information content (AvgIpc) is 3.24. The summed E-state index contributed by atoms with van der Waals surface area (Å²) < 4.78 is 10.4. The molecule has 0 aromatic carbocycles. The van der Waals surface area contributed by atoms with Crippen LogP contribution >= 0.6 is 0 Å². The number of aryl methyl sites for hydroxylation is 1. The first-order valence-electron chi connectivity index (χ1n) is 7.91. The van der Waals surface area contributed by atoms with Gasteiger partial charge in [-0.25, -0.2) is 4.79 Å². The highest BCUT2D eigenvalue weighted by Crippen LogP contribution is 2.25. The zero-order valence-corrected chi connectivity index (χ0v) is 13.7. The lowest BCUT2D eigenvalue weighted by atomic mass is 10.1. The Kier molecular flexibility index (Phi) is 4.54. The number of amides is 2. The molecule has 8 heteroatoms. The highest BCUT2D eigenvalue weighted by Gasteiger charge is 2.29. The molecule has 1 saturated heterocycles. The first-order chi connectivity index (χ1) is 11.6. The van der Waals surface area contributed by atoms with Gasteiger partial charge in [-0.15, -0.1) is 0 Å². The Hall–Kier alpha value is -2.77. The van der Waals surface area contributed by atoms with E-state index in [0.29, 0.717) is 55.5 Å². The first-order valence-corrected chi connectivity index (χ1v) is 7.91. The Morgan fingerprint density at radius 1 is 1.29 bits per heavy atom. The molecule has 2 amide bonds. The first kappa shape index (κ1) is 16.1. The van der Waals surface area contributed by atoms with Crippen LogP contribution in [-0.4, -0.2) is 64.8 Å². The molecule has 0 spiro atoms. The van der Waals surface area contributed by atoms with Gasteiger partial charge in [-0.3, -0.25) is 9.89 Å². The van der Waals surface area contributed by atoms with Crippen LogP contribution in [0.1, 0.15) is 23.0 Å². The van der Waals surface area contributed by atoms with Crippen molar-refractivity contribution in [3.63, 3.8) is 0 Å². The number of H-pyrrole nitrogens is 1. The van der Waals surface area contributed by atoms with Crippen LogP contribution in [0, 0.1) is 6.92 Å². The van der Waals surface area contributed by atoms with Gasteiger partial charge in [0.05, 0.1) is 18.4 Å². The maximum absolute atomic E-state index is 12.9. The van der Waals surface area contributed by atoms with Crippen molar-refractivity contribution in [2.75, 3.05) is 32.8 Å². The Balaban J connectivity index is 1.73. The number of rotatable bonds is 3. The van der Waals surface area contributed by atoms with Crippen molar-refractivity contribution in [2.24, 2.45) is 0 Å². The molecule has 2 aromatic rings. The van der Waals surface area contributed by atoms with E-state index in [1.165, 1.54) is 0 Å². The highest BCUT2D eigenvalue weighted by atomic mass is 16.6. The second-order valence-corrected chi connectivity index (χ2v) is 5.53. The van der Waals surface area contributed by atoms with Gasteiger partial charge in [-0.05, 0) is 26.0 Å². The Bertz CT molecular complexity index is 715. The van der Waals surface area contributed by atoms with Gasteiger partial charge >= 0.3 is 6.09 Å². The Morgan fingerprint density at radius 3 is 2.62 bits per heavy atom. The summed E-state index contributed by atoms with van der Waals surface area (Å²) >= 11 is 0. The van der Waals surface area contributed by atoms with Crippen LogP contribution in [0.15, 0.2) is 22.8 Å². The Labute approximate surface area is 139 Å². The number of aromatic amines is 1. The molecular weight excluding hydrogens is 312 g/mol. The number of aromatic nitrogens is 2. The van der Waals surface area contributed by atoms with Gasteiger partial charge in [0.1, 0.15) is 5.69 Å². The zero-order chi connectivity index (χ0) is 17.1. The van der Waals surface area contributed by atoms with Gasteiger partial charge in [-0.1, -0.05) is 0 Å². The molecule has 3 rings (SSSR count). The number of furan rings is 1. The molecule has 3 heterocycles. The van der Waals surface area contributed by atoms with Gasteiger partial charge in [0.2, 0.25) is 0 Å². The third-order valence-corrected chi connectivity index (χ3v) is 4.01. The van der Waals surface area contributed by atoms with E-state index < -0.39 is 0 Å². The molecule has 1 aliphatic rings. The van der Waals surface area contributed by atoms with Gasteiger partial charge < -0.3 is 19.0 Å². The SMILES string of the molecule is CCOC(=O)N1CCN(C(=O)c2c(-c3ccco3)n[nH]c2C)CC1. The number of carbonyl (C=O) groups is 2. The number of carbonyl (C=O) groups excluding carboxylic acids is 2. The second kappa shape index (κ2) is 6.77. The topological polar surface area (TPSA) is 91.7 Å². The van der Waals surface area contributed by atoms with E-state index >= 15 is 0 Å². The normalized spacial score (nSPS) is 14.8. The van der Waals surface area contributed by atoms with Crippen LogP contribution in [0.3, 0.4) is 0 Å². The minimum absolute atomic E-state index is 0.115. The summed E-state index contributed by atoms with van der Waals surface area (Å²) in [5, 5.41) is 7.04. The van der Waals surface area contributed by atoms with E-state index in [9.17, 15) is 9.59 Å². The molecule has 1 aliphatic heterocycles. The van der Waals surface area contributed by atoms with Crippen LogP contribution in [-0.2, 0) is 4.74 Å².